The first kappa shape index (κ1) is 11.1. The molecule has 0 N–H and O–H groups in total. The van der Waals surface area contributed by atoms with Gasteiger partial charge in [0.1, 0.15) is 12.7 Å². The molecule has 1 fully saturated rings. The molecule has 0 radical (unpaired) electrons. The van der Waals surface area contributed by atoms with Crippen molar-refractivity contribution in [3.63, 3.8) is 0 Å². The van der Waals surface area contributed by atoms with E-state index in [1.54, 1.807) is 0 Å². The van der Waals surface area contributed by atoms with Gasteiger partial charge in [-0.3, -0.25) is 4.79 Å². The molecule has 3 heteroatoms. The van der Waals surface area contributed by atoms with Crippen LogP contribution in [0.15, 0.2) is 30.3 Å². The number of benzene rings is 1. The zero-order valence-corrected chi connectivity index (χ0v) is 9.39. The predicted octanol–water partition coefficient (Wildman–Crippen LogP) is 2.12. The minimum atomic E-state index is -0.153. The van der Waals surface area contributed by atoms with Crippen molar-refractivity contribution in [2.24, 2.45) is 0 Å². The summed E-state index contributed by atoms with van der Waals surface area (Å²) in [6.45, 7) is 3.10. The Bertz CT molecular complexity index is 343. The highest BCUT2D eigenvalue weighted by atomic mass is 16.6. The molecule has 2 atom stereocenters. The topological polar surface area (TPSA) is 38.8 Å². The molecule has 1 aromatic carbocycles. The van der Waals surface area contributed by atoms with Gasteiger partial charge in [-0.15, -0.1) is 0 Å². The summed E-state index contributed by atoms with van der Waals surface area (Å²) in [4.78, 5) is 11.8. The van der Waals surface area contributed by atoms with Crippen molar-refractivity contribution in [2.75, 3.05) is 13.2 Å². The van der Waals surface area contributed by atoms with Crippen molar-refractivity contribution in [2.45, 2.75) is 25.4 Å². The number of ether oxygens (including phenoxy) is 2. The van der Waals surface area contributed by atoms with E-state index in [4.69, 9.17) is 9.47 Å². The molecule has 2 unspecified atom stereocenters. The minimum Gasteiger partial charge on any atom is -0.462 e. The molecule has 1 saturated heterocycles. The number of hydrogen-bond acceptors (Lipinski definition) is 3. The molecule has 3 nitrogen and oxygen atoms in total. The van der Waals surface area contributed by atoms with Gasteiger partial charge in [-0.25, -0.2) is 0 Å². The number of carbonyl (C=O) groups is 1. The fourth-order valence-electron chi connectivity index (χ4n) is 1.66. The average molecular weight is 220 g/mol. The third kappa shape index (κ3) is 2.83. The smallest absolute Gasteiger partial charge is 0.313 e. The number of esters is 1. The maximum Gasteiger partial charge on any atom is 0.313 e. The van der Waals surface area contributed by atoms with Gasteiger partial charge < -0.3 is 9.47 Å². The van der Waals surface area contributed by atoms with Crippen LogP contribution >= 0.6 is 0 Å². The van der Waals surface area contributed by atoms with Crippen molar-refractivity contribution in [3.8, 4) is 0 Å². The first-order chi connectivity index (χ1) is 7.81. The van der Waals surface area contributed by atoms with E-state index in [1.165, 1.54) is 0 Å². The first-order valence-electron chi connectivity index (χ1n) is 5.64. The van der Waals surface area contributed by atoms with Gasteiger partial charge in [-0.1, -0.05) is 37.3 Å². The van der Waals surface area contributed by atoms with Crippen molar-refractivity contribution in [3.05, 3.63) is 35.9 Å². The van der Waals surface area contributed by atoms with E-state index in [1.807, 2.05) is 37.3 Å². The number of hydrogen-bond donors (Lipinski definition) is 0. The Morgan fingerprint density at radius 2 is 2.19 bits per heavy atom. The van der Waals surface area contributed by atoms with E-state index in [-0.39, 0.29) is 18.0 Å². The van der Waals surface area contributed by atoms with Crippen molar-refractivity contribution >= 4 is 5.97 Å². The summed E-state index contributed by atoms with van der Waals surface area (Å²) < 4.78 is 10.2. The van der Waals surface area contributed by atoms with Crippen LogP contribution in [0.4, 0.5) is 0 Å². The molecular weight excluding hydrogens is 204 g/mol. The zero-order chi connectivity index (χ0) is 11.4. The predicted molar refractivity (Wildman–Crippen MR) is 60.2 cm³/mol. The number of rotatable bonds is 5. The Morgan fingerprint density at radius 1 is 1.50 bits per heavy atom. The molecule has 0 spiro atoms. The zero-order valence-electron chi connectivity index (χ0n) is 9.39. The van der Waals surface area contributed by atoms with Crippen LogP contribution in [0.3, 0.4) is 0 Å². The molecule has 86 valence electrons. The normalized spacial score (nSPS) is 20.2. The summed E-state index contributed by atoms with van der Waals surface area (Å²) >= 11 is 0. The summed E-state index contributed by atoms with van der Waals surface area (Å²) in [7, 11) is 0. The maximum absolute atomic E-state index is 11.8. The Morgan fingerprint density at radius 3 is 2.75 bits per heavy atom. The molecule has 0 aliphatic carbocycles. The standard InChI is InChI=1S/C13H16O3/c1-2-12(10-6-4-3-5-7-10)13(14)16-9-11-8-15-11/h3-7,11-12H,2,8-9H2,1H3. The molecule has 0 amide bonds. The van der Waals surface area contributed by atoms with Crippen molar-refractivity contribution in [1.29, 1.82) is 0 Å². The van der Waals surface area contributed by atoms with E-state index in [0.717, 1.165) is 18.6 Å². The number of epoxide rings is 1. The molecule has 1 aliphatic heterocycles. The monoisotopic (exact) mass is 220 g/mol. The van der Waals surface area contributed by atoms with E-state index in [0.29, 0.717) is 6.61 Å². The minimum absolute atomic E-state index is 0.136. The van der Waals surface area contributed by atoms with Crippen LogP contribution in [0.1, 0.15) is 24.8 Å². The van der Waals surface area contributed by atoms with E-state index < -0.39 is 0 Å². The molecule has 0 saturated carbocycles. The van der Waals surface area contributed by atoms with Crippen molar-refractivity contribution < 1.29 is 14.3 Å². The van der Waals surface area contributed by atoms with Crippen LogP contribution < -0.4 is 0 Å². The van der Waals surface area contributed by atoms with Crippen molar-refractivity contribution in [1.82, 2.24) is 0 Å². The van der Waals surface area contributed by atoms with Gasteiger partial charge in [0.2, 0.25) is 0 Å². The van der Waals surface area contributed by atoms with Crippen LogP contribution in [0.5, 0.6) is 0 Å². The molecular formula is C13H16O3. The lowest BCUT2D eigenvalue weighted by Crippen LogP contribution is -2.17. The lowest BCUT2D eigenvalue weighted by molar-refractivity contribution is -0.146. The molecule has 1 aliphatic rings. The van der Waals surface area contributed by atoms with Crippen LogP contribution in [0.25, 0.3) is 0 Å². The van der Waals surface area contributed by atoms with Crippen LogP contribution in [0.2, 0.25) is 0 Å². The Balaban J connectivity index is 1.95. The second-order valence-corrected chi connectivity index (χ2v) is 3.96. The van der Waals surface area contributed by atoms with Crippen LogP contribution in [0, 0.1) is 0 Å². The van der Waals surface area contributed by atoms with Gasteiger partial charge in [0, 0.05) is 0 Å². The highest BCUT2D eigenvalue weighted by Crippen LogP contribution is 2.21. The van der Waals surface area contributed by atoms with E-state index in [2.05, 4.69) is 0 Å². The highest BCUT2D eigenvalue weighted by molar-refractivity contribution is 5.78. The van der Waals surface area contributed by atoms with E-state index in [9.17, 15) is 4.79 Å². The summed E-state index contributed by atoms with van der Waals surface area (Å²) in [5, 5.41) is 0. The van der Waals surface area contributed by atoms with Gasteiger partial charge in [-0.2, -0.15) is 0 Å². The van der Waals surface area contributed by atoms with Gasteiger partial charge in [0.15, 0.2) is 0 Å². The SMILES string of the molecule is CCC(C(=O)OCC1CO1)c1ccccc1. The van der Waals surface area contributed by atoms with Gasteiger partial charge >= 0.3 is 5.97 Å². The molecule has 1 heterocycles. The highest BCUT2D eigenvalue weighted by Gasteiger charge is 2.26. The third-order valence-corrected chi connectivity index (χ3v) is 2.71. The Labute approximate surface area is 95.4 Å². The summed E-state index contributed by atoms with van der Waals surface area (Å²) in [6.07, 6.45) is 0.895. The molecule has 1 aromatic rings. The number of carbonyl (C=O) groups excluding carboxylic acids is 1. The molecule has 16 heavy (non-hydrogen) atoms. The van der Waals surface area contributed by atoms with Crippen LogP contribution in [-0.4, -0.2) is 25.3 Å². The van der Waals surface area contributed by atoms with Gasteiger partial charge in [0.05, 0.1) is 12.5 Å². The molecule has 2 rings (SSSR count). The fraction of sp³-hybridized carbons (Fsp3) is 0.462. The lowest BCUT2D eigenvalue weighted by Gasteiger charge is -2.13. The first-order valence-corrected chi connectivity index (χ1v) is 5.64. The van der Waals surface area contributed by atoms with Gasteiger partial charge in [-0.05, 0) is 12.0 Å². The summed E-state index contributed by atoms with van der Waals surface area (Å²) in [5.41, 5.74) is 1.02. The maximum atomic E-state index is 11.8. The summed E-state index contributed by atoms with van der Waals surface area (Å²) in [6, 6.07) is 9.75. The fourth-order valence-corrected chi connectivity index (χ4v) is 1.66. The quantitative estimate of drug-likeness (QED) is 0.563. The second kappa shape index (κ2) is 5.12. The van der Waals surface area contributed by atoms with E-state index >= 15 is 0 Å². The summed E-state index contributed by atoms with van der Waals surface area (Å²) in [5.74, 6) is -0.302. The Kier molecular flexibility index (Phi) is 3.57. The van der Waals surface area contributed by atoms with Gasteiger partial charge in [0.25, 0.3) is 0 Å². The molecule has 0 aromatic heterocycles. The molecule has 0 bridgehead atoms. The second-order valence-electron chi connectivity index (χ2n) is 3.96. The lowest BCUT2D eigenvalue weighted by atomic mass is 9.97. The van der Waals surface area contributed by atoms with Crippen LogP contribution in [-0.2, 0) is 14.3 Å². The Hall–Kier alpha value is -1.35. The largest absolute Gasteiger partial charge is 0.462 e. The third-order valence-electron chi connectivity index (χ3n) is 2.71. The average Bonchev–Trinajstić information content (AvgIpc) is 3.13.